The molecule has 0 aliphatic heterocycles. The number of rotatable bonds is 6. The molecule has 1 aromatic rings. The van der Waals surface area contributed by atoms with Gasteiger partial charge < -0.3 is 0 Å². The molecule has 0 unspecified atom stereocenters. The van der Waals surface area contributed by atoms with Gasteiger partial charge in [0.05, 0.1) is 6.20 Å². The molecular formula is C12H20Cl2N2. The molecule has 0 aliphatic carbocycles. The molecule has 0 aromatic carbocycles. The van der Waals surface area contributed by atoms with Crippen LogP contribution in [0.3, 0.4) is 0 Å². The van der Waals surface area contributed by atoms with Crippen LogP contribution in [-0.2, 0) is 13.5 Å². The van der Waals surface area contributed by atoms with Gasteiger partial charge in [-0.3, -0.25) is 4.68 Å². The molecule has 0 radical (unpaired) electrons. The number of halogens is 2. The second-order valence-electron chi connectivity index (χ2n) is 4.81. The van der Waals surface area contributed by atoms with Crippen LogP contribution in [0.5, 0.6) is 0 Å². The van der Waals surface area contributed by atoms with Crippen molar-refractivity contribution in [1.82, 2.24) is 9.78 Å². The van der Waals surface area contributed by atoms with E-state index in [0.717, 1.165) is 12.8 Å². The Morgan fingerprint density at radius 2 is 2.00 bits per heavy atom. The summed E-state index contributed by atoms with van der Waals surface area (Å²) in [5.41, 5.74) is 1.29. The van der Waals surface area contributed by atoms with E-state index in [4.69, 9.17) is 23.2 Å². The Kier molecular flexibility index (Phi) is 5.13. The highest BCUT2D eigenvalue weighted by molar-refractivity contribution is 6.21. The number of aromatic nitrogens is 2. The van der Waals surface area contributed by atoms with Crippen molar-refractivity contribution in [3.05, 3.63) is 18.0 Å². The van der Waals surface area contributed by atoms with Crippen molar-refractivity contribution in [2.45, 2.75) is 26.7 Å². The monoisotopic (exact) mass is 262 g/mol. The van der Waals surface area contributed by atoms with E-state index in [0.29, 0.717) is 17.7 Å². The molecule has 2 nitrogen and oxygen atoms in total. The fraction of sp³-hybridized carbons (Fsp3) is 0.750. The molecule has 1 aromatic heterocycles. The molecule has 0 atom stereocenters. The lowest BCUT2D eigenvalue weighted by molar-refractivity contribution is 0.240. The van der Waals surface area contributed by atoms with E-state index in [9.17, 15) is 0 Å². The van der Waals surface area contributed by atoms with E-state index in [1.165, 1.54) is 5.56 Å². The first-order valence-electron chi connectivity index (χ1n) is 5.63. The Hall–Kier alpha value is -0.210. The first-order valence-corrected chi connectivity index (χ1v) is 6.70. The van der Waals surface area contributed by atoms with E-state index in [2.05, 4.69) is 18.9 Å². The van der Waals surface area contributed by atoms with Crippen molar-refractivity contribution in [2.75, 3.05) is 11.8 Å². The number of hydrogen-bond donors (Lipinski definition) is 0. The van der Waals surface area contributed by atoms with Crippen molar-refractivity contribution >= 4 is 23.2 Å². The lowest BCUT2D eigenvalue weighted by Gasteiger charge is -2.33. The smallest absolute Gasteiger partial charge is 0.0521 e. The minimum absolute atomic E-state index is 0.0406. The standard InChI is InChI=1S/C12H20Cl2N2/c1-10(2)12(8-13,9-14)5-4-11-6-15-16(3)7-11/h6-7,10H,4-5,8-9H2,1-3H3. The third-order valence-electron chi connectivity index (χ3n) is 3.43. The lowest BCUT2D eigenvalue weighted by atomic mass is 9.76. The lowest BCUT2D eigenvalue weighted by Crippen LogP contribution is -2.32. The maximum atomic E-state index is 6.09. The Bertz CT molecular complexity index is 317. The van der Waals surface area contributed by atoms with Crippen LogP contribution in [0, 0.1) is 11.3 Å². The zero-order valence-electron chi connectivity index (χ0n) is 10.2. The van der Waals surface area contributed by atoms with Crippen molar-refractivity contribution < 1.29 is 0 Å². The summed E-state index contributed by atoms with van der Waals surface area (Å²) < 4.78 is 1.83. The van der Waals surface area contributed by atoms with E-state index in [-0.39, 0.29) is 5.41 Å². The Morgan fingerprint density at radius 3 is 2.38 bits per heavy atom. The molecule has 0 aliphatic rings. The predicted octanol–water partition coefficient (Wildman–Crippen LogP) is 3.47. The van der Waals surface area contributed by atoms with E-state index in [1.807, 2.05) is 24.1 Å². The van der Waals surface area contributed by atoms with Gasteiger partial charge in [0.25, 0.3) is 0 Å². The van der Waals surface area contributed by atoms with Crippen LogP contribution in [0.1, 0.15) is 25.8 Å². The second kappa shape index (κ2) is 5.92. The summed E-state index contributed by atoms with van der Waals surface area (Å²) in [5.74, 6) is 1.74. The Morgan fingerprint density at radius 1 is 1.38 bits per heavy atom. The van der Waals surface area contributed by atoms with Crippen LogP contribution in [0.15, 0.2) is 12.4 Å². The van der Waals surface area contributed by atoms with Crippen molar-refractivity contribution in [1.29, 1.82) is 0 Å². The molecule has 0 amide bonds. The SMILES string of the molecule is CC(C)C(CCl)(CCl)CCc1cnn(C)c1. The quantitative estimate of drug-likeness (QED) is 0.718. The largest absolute Gasteiger partial charge is 0.276 e. The molecular weight excluding hydrogens is 243 g/mol. The molecule has 16 heavy (non-hydrogen) atoms. The molecule has 0 saturated heterocycles. The maximum absolute atomic E-state index is 6.09. The normalized spacial score (nSPS) is 12.4. The van der Waals surface area contributed by atoms with Gasteiger partial charge in [-0.25, -0.2) is 0 Å². The highest BCUT2D eigenvalue weighted by Gasteiger charge is 2.31. The van der Waals surface area contributed by atoms with Gasteiger partial charge in [0, 0.05) is 30.4 Å². The number of aryl methyl sites for hydroxylation is 2. The molecule has 0 N–H and O–H groups in total. The third-order valence-corrected chi connectivity index (χ3v) is 4.49. The van der Waals surface area contributed by atoms with Crippen LogP contribution >= 0.6 is 23.2 Å². The van der Waals surface area contributed by atoms with Gasteiger partial charge in [-0.15, -0.1) is 23.2 Å². The minimum Gasteiger partial charge on any atom is -0.276 e. The third kappa shape index (κ3) is 3.14. The second-order valence-corrected chi connectivity index (χ2v) is 5.34. The van der Waals surface area contributed by atoms with Crippen LogP contribution in [-0.4, -0.2) is 21.5 Å². The summed E-state index contributed by atoms with van der Waals surface area (Å²) in [6.07, 6.45) is 5.97. The van der Waals surface area contributed by atoms with E-state index in [1.54, 1.807) is 0 Å². The Balaban J connectivity index is 2.63. The summed E-state index contributed by atoms with van der Waals surface area (Å²) in [5, 5.41) is 4.16. The van der Waals surface area contributed by atoms with Crippen LogP contribution in [0.25, 0.3) is 0 Å². The van der Waals surface area contributed by atoms with Crippen LogP contribution in [0.2, 0.25) is 0 Å². The highest BCUT2D eigenvalue weighted by Crippen LogP contribution is 2.35. The molecule has 0 spiro atoms. The Labute approximate surface area is 108 Å². The molecule has 4 heteroatoms. The van der Waals surface area contributed by atoms with Gasteiger partial charge in [0.15, 0.2) is 0 Å². The van der Waals surface area contributed by atoms with E-state index < -0.39 is 0 Å². The van der Waals surface area contributed by atoms with Crippen LogP contribution in [0.4, 0.5) is 0 Å². The van der Waals surface area contributed by atoms with Crippen LogP contribution < -0.4 is 0 Å². The molecule has 0 bridgehead atoms. The van der Waals surface area contributed by atoms with Gasteiger partial charge in [-0.2, -0.15) is 5.10 Å². The molecule has 1 heterocycles. The first kappa shape index (κ1) is 13.9. The summed E-state index contributed by atoms with van der Waals surface area (Å²) in [4.78, 5) is 0. The minimum atomic E-state index is 0.0406. The van der Waals surface area contributed by atoms with Gasteiger partial charge in [-0.05, 0) is 24.3 Å². The molecule has 0 saturated carbocycles. The van der Waals surface area contributed by atoms with Crippen molar-refractivity contribution in [2.24, 2.45) is 18.4 Å². The van der Waals surface area contributed by atoms with Gasteiger partial charge >= 0.3 is 0 Å². The fourth-order valence-corrected chi connectivity index (χ4v) is 2.93. The predicted molar refractivity (Wildman–Crippen MR) is 70.2 cm³/mol. The van der Waals surface area contributed by atoms with Gasteiger partial charge in [-0.1, -0.05) is 13.8 Å². The topological polar surface area (TPSA) is 17.8 Å². The summed E-state index contributed by atoms with van der Waals surface area (Å²) in [6.45, 7) is 4.38. The van der Waals surface area contributed by atoms with Gasteiger partial charge in [0.1, 0.15) is 0 Å². The molecule has 92 valence electrons. The highest BCUT2D eigenvalue weighted by atomic mass is 35.5. The zero-order chi connectivity index (χ0) is 12.2. The molecule has 1 rings (SSSR count). The summed E-state index contributed by atoms with van der Waals surface area (Å²) >= 11 is 12.2. The maximum Gasteiger partial charge on any atom is 0.0521 e. The zero-order valence-corrected chi connectivity index (χ0v) is 11.7. The number of hydrogen-bond acceptors (Lipinski definition) is 1. The molecule has 0 fully saturated rings. The fourth-order valence-electron chi connectivity index (χ4n) is 1.76. The van der Waals surface area contributed by atoms with Gasteiger partial charge in [0.2, 0.25) is 0 Å². The average Bonchev–Trinajstić information content (AvgIpc) is 2.66. The number of alkyl halides is 2. The summed E-state index contributed by atoms with van der Waals surface area (Å²) in [7, 11) is 1.93. The first-order chi connectivity index (χ1) is 7.54. The number of nitrogens with zero attached hydrogens (tertiary/aromatic N) is 2. The van der Waals surface area contributed by atoms with E-state index >= 15 is 0 Å². The summed E-state index contributed by atoms with van der Waals surface area (Å²) in [6, 6.07) is 0. The van der Waals surface area contributed by atoms with Crippen molar-refractivity contribution in [3.63, 3.8) is 0 Å². The van der Waals surface area contributed by atoms with Crippen molar-refractivity contribution in [3.8, 4) is 0 Å². The average molecular weight is 263 g/mol.